The Kier molecular flexibility index (Phi) is 11.9. The molecule has 0 saturated carbocycles. The molecule has 0 aliphatic rings. The standard InChI is InChI=1S/C15H19NO.C14H15N/c1-3-5-6-10-15(8-4-2)17-13-14-9-7-11-16-12-14;1-12-2-4-13(5-3-12)6-7-14-8-10-15-11-9-14/h4,6-12H,2-3,5,13H2,1H3;2-5,8-11H,6-7H2,1H3/b10-6-,15-8+;. The molecule has 0 atom stereocenters. The van der Waals surface area contributed by atoms with Crippen molar-refractivity contribution in [3.05, 3.63) is 132 Å². The number of hydrogen-bond donors (Lipinski definition) is 0. The van der Waals surface area contributed by atoms with Crippen LogP contribution in [0.15, 0.2) is 110 Å². The summed E-state index contributed by atoms with van der Waals surface area (Å²) in [6.45, 7) is 8.48. The maximum Gasteiger partial charge on any atom is 0.119 e. The zero-order valence-electron chi connectivity index (χ0n) is 19.3. The van der Waals surface area contributed by atoms with E-state index >= 15 is 0 Å². The Hall–Kier alpha value is -3.46. The Labute approximate surface area is 193 Å². The molecule has 0 radical (unpaired) electrons. The number of allylic oxidation sites excluding steroid dienone is 4. The molecule has 1 aromatic carbocycles. The maximum atomic E-state index is 5.68. The molecule has 3 aromatic rings. The van der Waals surface area contributed by atoms with Crippen molar-refractivity contribution < 1.29 is 4.74 Å². The van der Waals surface area contributed by atoms with Crippen LogP contribution < -0.4 is 0 Å². The van der Waals surface area contributed by atoms with Crippen molar-refractivity contribution in [1.82, 2.24) is 9.97 Å². The van der Waals surface area contributed by atoms with Gasteiger partial charge in [0.05, 0.1) is 0 Å². The number of ether oxygens (including phenoxy) is 1. The van der Waals surface area contributed by atoms with Gasteiger partial charge < -0.3 is 4.74 Å². The minimum absolute atomic E-state index is 0.532. The average molecular weight is 427 g/mol. The highest BCUT2D eigenvalue weighted by atomic mass is 16.5. The second kappa shape index (κ2) is 15.4. The molecule has 0 N–H and O–H groups in total. The summed E-state index contributed by atoms with van der Waals surface area (Å²) in [5.74, 6) is 0.831. The van der Waals surface area contributed by atoms with E-state index in [2.05, 4.69) is 72.9 Å². The van der Waals surface area contributed by atoms with Gasteiger partial charge in [0, 0.05) is 30.4 Å². The highest BCUT2D eigenvalue weighted by molar-refractivity contribution is 5.23. The highest BCUT2D eigenvalue weighted by Crippen LogP contribution is 2.08. The lowest BCUT2D eigenvalue weighted by Gasteiger charge is -2.06. The lowest BCUT2D eigenvalue weighted by atomic mass is 10.0. The van der Waals surface area contributed by atoms with Crippen molar-refractivity contribution in [2.75, 3.05) is 0 Å². The van der Waals surface area contributed by atoms with E-state index in [0.29, 0.717) is 6.61 Å². The molecular weight excluding hydrogens is 392 g/mol. The molecule has 32 heavy (non-hydrogen) atoms. The van der Waals surface area contributed by atoms with E-state index in [-0.39, 0.29) is 0 Å². The Bertz CT molecular complexity index is 945. The maximum absolute atomic E-state index is 5.68. The molecule has 0 spiro atoms. The molecule has 2 heterocycles. The molecule has 0 unspecified atom stereocenters. The van der Waals surface area contributed by atoms with Gasteiger partial charge >= 0.3 is 0 Å². The van der Waals surface area contributed by atoms with Crippen LogP contribution in [0.3, 0.4) is 0 Å². The molecule has 166 valence electrons. The van der Waals surface area contributed by atoms with Crippen molar-refractivity contribution in [3.8, 4) is 0 Å². The normalized spacial score (nSPS) is 11.0. The van der Waals surface area contributed by atoms with Gasteiger partial charge in [-0.3, -0.25) is 9.97 Å². The van der Waals surface area contributed by atoms with E-state index < -0.39 is 0 Å². The summed E-state index contributed by atoms with van der Waals surface area (Å²) in [6.07, 6.45) is 19.3. The monoisotopic (exact) mass is 426 g/mol. The first-order valence-corrected chi connectivity index (χ1v) is 11.2. The second-order valence-electron chi connectivity index (χ2n) is 7.49. The van der Waals surface area contributed by atoms with Crippen molar-refractivity contribution in [1.29, 1.82) is 0 Å². The predicted molar refractivity (Wildman–Crippen MR) is 134 cm³/mol. The minimum atomic E-state index is 0.532. The largest absolute Gasteiger partial charge is 0.489 e. The summed E-state index contributed by atoms with van der Waals surface area (Å²) in [5, 5.41) is 0. The molecule has 3 heteroatoms. The Morgan fingerprint density at radius 2 is 1.62 bits per heavy atom. The molecule has 3 nitrogen and oxygen atoms in total. The number of aromatic nitrogens is 2. The summed E-state index contributed by atoms with van der Waals surface area (Å²) in [7, 11) is 0. The van der Waals surface area contributed by atoms with Crippen LogP contribution in [0.1, 0.15) is 42.0 Å². The van der Waals surface area contributed by atoms with Crippen LogP contribution in [0.5, 0.6) is 0 Å². The lowest BCUT2D eigenvalue weighted by molar-refractivity contribution is 0.211. The molecule has 3 rings (SSSR count). The number of benzene rings is 1. The summed E-state index contributed by atoms with van der Waals surface area (Å²) >= 11 is 0. The molecule has 0 amide bonds. The topological polar surface area (TPSA) is 35.0 Å². The third-order valence-electron chi connectivity index (χ3n) is 4.72. The van der Waals surface area contributed by atoms with E-state index in [4.69, 9.17) is 4.74 Å². The van der Waals surface area contributed by atoms with E-state index in [9.17, 15) is 0 Å². The van der Waals surface area contributed by atoms with Gasteiger partial charge in [0.25, 0.3) is 0 Å². The fourth-order valence-electron chi connectivity index (χ4n) is 2.88. The van der Waals surface area contributed by atoms with Gasteiger partial charge in [0.15, 0.2) is 0 Å². The smallest absolute Gasteiger partial charge is 0.119 e. The van der Waals surface area contributed by atoms with Crippen LogP contribution in [0.25, 0.3) is 0 Å². The first-order valence-electron chi connectivity index (χ1n) is 11.2. The van der Waals surface area contributed by atoms with Gasteiger partial charge in [0.2, 0.25) is 0 Å². The fraction of sp³-hybridized carbons (Fsp3) is 0.241. The molecule has 0 saturated heterocycles. The van der Waals surface area contributed by atoms with E-state index in [1.807, 2.05) is 36.7 Å². The second-order valence-corrected chi connectivity index (χ2v) is 7.49. The Morgan fingerprint density at radius 3 is 2.25 bits per heavy atom. The molecule has 0 fully saturated rings. The number of hydrogen-bond acceptors (Lipinski definition) is 3. The van der Waals surface area contributed by atoms with Crippen LogP contribution in [0.4, 0.5) is 0 Å². The van der Waals surface area contributed by atoms with Crippen LogP contribution in [0, 0.1) is 6.92 Å². The number of aryl methyl sites for hydroxylation is 3. The average Bonchev–Trinajstić information content (AvgIpc) is 2.84. The van der Waals surface area contributed by atoms with Crippen molar-refractivity contribution in [2.45, 2.75) is 46.1 Å². The summed E-state index contributed by atoms with van der Waals surface area (Å²) in [4.78, 5) is 8.06. The van der Waals surface area contributed by atoms with Crippen LogP contribution in [-0.2, 0) is 24.2 Å². The molecule has 0 aliphatic heterocycles. The summed E-state index contributed by atoms with van der Waals surface area (Å²) in [5.41, 5.74) is 5.14. The third-order valence-corrected chi connectivity index (χ3v) is 4.72. The van der Waals surface area contributed by atoms with Gasteiger partial charge in [-0.2, -0.15) is 0 Å². The van der Waals surface area contributed by atoms with Gasteiger partial charge in [0.1, 0.15) is 12.4 Å². The van der Waals surface area contributed by atoms with Crippen molar-refractivity contribution >= 4 is 0 Å². The van der Waals surface area contributed by atoms with Crippen LogP contribution >= 0.6 is 0 Å². The van der Waals surface area contributed by atoms with Crippen LogP contribution in [0.2, 0.25) is 0 Å². The van der Waals surface area contributed by atoms with Crippen LogP contribution in [-0.4, -0.2) is 9.97 Å². The first-order chi connectivity index (χ1) is 15.7. The predicted octanol–water partition coefficient (Wildman–Crippen LogP) is 7.20. The highest BCUT2D eigenvalue weighted by Gasteiger charge is 1.96. The fourth-order valence-corrected chi connectivity index (χ4v) is 2.88. The quantitative estimate of drug-likeness (QED) is 0.254. The zero-order chi connectivity index (χ0) is 22.9. The lowest BCUT2D eigenvalue weighted by Crippen LogP contribution is -1.92. The van der Waals surface area contributed by atoms with Gasteiger partial charge in [-0.1, -0.05) is 68.0 Å². The Morgan fingerprint density at radius 1 is 0.906 bits per heavy atom. The molecule has 2 aromatic heterocycles. The van der Waals surface area contributed by atoms with E-state index in [1.165, 1.54) is 16.7 Å². The van der Waals surface area contributed by atoms with Gasteiger partial charge in [-0.05, 0) is 67.7 Å². The summed E-state index contributed by atoms with van der Waals surface area (Å²) < 4.78 is 5.68. The molecular formula is C29H34N2O. The third kappa shape index (κ3) is 10.5. The Balaban J connectivity index is 0.000000228. The number of unbranched alkanes of at least 4 members (excludes halogenated alkanes) is 1. The molecule has 0 aliphatic carbocycles. The van der Waals surface area contributed by atoms with E-state index in [0.717, 1.165) is 37.0 Å². The van der Waals surface area contributed by atoms with E-state index in [1.54, 1.807) is 18.5 Å². The van der Waals surface area contributed by atoms with Gasteiger partial charge in [-0.15, -0.1) is 0 Å². The molecule has 0 bridgehead atoms. The zero-order valence-corrected chi connectivity index (χ0v) is 19.3. The number of pyridine rings is 2. The summed E-state index contributed by atoms with van der Waals surface area (Å²) in [6, 6.07) is 16.8. The number of rotatable bonds is 10. The first kappa shape index (κ1) is 24.8. The number of nitrogens with zero attached hydrogens (tertiary/aromatic N) is 2. The van der Waals surface area contributed by atoms with Crippen molar-refractivity contribution in [2.24, 2.45) is 0 Å². The van der Waals surface area contributed by atoms with Crippen molar-refractivity contribution in [3.63, 3.8) is 0 Å². The van der Waals surface area contributed by atoms with Gasteiger partial charge in [-0.25, -0.2) is 0 Å². The minimum Gasteiger partial charge on any atom is -0.489 e. The SMILES string of the molecule is C=C/C=C(\C=C/CCC)OCc1cccnc1.Cc1ccc(CCc2ccncc2)cc1.